The van der Waals surface area contributed by atoms with Gasteiger partial charge in [0.05, 0.1) is 5.92 Å². The molecular formula is C16H18N4O2. The van der Waals surface area contributed by atoms with Gasteiger partial charge in [-0.15, -0.1) is 0 Å². The summed E-state index contributed by atoms with van der Waals surface area (Å²) in [6, 6.07) is 9.40. The minimum absolute atomic E-state index is 0.0109. The first-order chi connectivity index (χ1) is 10.7. The van der Waals surface area contributed by atoms with E-state index in [2.05, 4.69) is 15.3 Å². The Morgan fingerprint density at radius 2 is 2.14 bits per heavy atom. The summed E-state index contributed by atoms with van der Waals surface area (Å²) < 4.78 is 0. The number of nitrogens with zero attached hydrogens (tertiary/aromatic N) is 2. The monoisotopic (exact) mass is 298 g/mol. The lowest BCUT2D eigenvalue weighted by molar-refractivity contribution is -0.120. The number of H-pyrrole nitrogens is 1. The molecule has 0 aliphatic carbocycles. The molecule has 6 heteroatoms. The summed E-state index contributed by atoms with van der Waals surface area (Å²) in [6.45, 7) is 1.26. The molecule has 3 rings (SSSR count). The van der Waals surface area contributed by atoms with Gasteiger partial charge in [0.15, 0.2) is 5.82 Å². The number of carbonyl (C=O) groups is 1. The van der Waals surface area contributed by atoms with Crippen LogP contribution < -0.4 is 15.8 Å². The second-order valence-corrected chi connectivity index (χ2v) is 5.38. The fourth-order valence-corrected chi connectivity index (χ4v) is 2.72. The van der Waals surface area contributed by atoms with Gasteiger partial charge in [-0.3, -0.25) is 9.59 Å². The van der Waals surface area contributed by atoms with Crippen LogP contribution in [0.2, 0.25) is 0 Å². The van der Waals surface area contributed by atoms with Crippen molar-refractivity contribution in [1.82, 2.24) is 9.97 Å². The Labute approximate surface area is 128 Å². The van der Waals surface area contributed by atoms with Crippen molar-refractivity contribution in [3.05, 3.63) is 53.1 Å². The average molecular weight is 298 g/mol. The third-order valence-electron chi connectivity index (χ3n) is 3.82. The molecule has 22 heavy (non-hydrogen) atoms. The van der Waals surface area contributed by atoms with Gasteiger partial charge >= 0.3 is 0 Å². The maximum Gasteiger partial charge on any atom is 0.290 e. The highest BCUT2D eigenvalue weighted by Crippen LogP contribution is 2.20. The van der Waals surface area contributed by atoms with Crippen molar-refractivity contribution in [3.63, 3.8) is 0 Å². The van der Waals surface area contributed by atoms with Crippen LogP contribution in [0.3, 0.4) is 0 Å². The third kappa shape index (κ3) is 3.16. The minimum Gasteiger partial charge on any atom is -0.351 e. The Balaban J connectivity index is 1.69. The highest BCUT2D eigenvalue weighted by atomic mass is 16.2. The Hall–Kier alpha value is -2.63. The molecule has 1 atom stereocenters. The Bertz CT molecular complexity index is 699. The van der Waals surface area contributed by atoms with E-state index in [1.807, 2.05) is 35.2 Å². The predicted octanol–water partition coefficient (Wildman–Crippen LogP) is 1.62. The second kappa shape index (κ2) is 6.43. The number of carbonyl (C=O) groups excluding carboxylic acids is 1. The van der Waals surface area contributed by atoms with E-state index in [1.165, 1.54) is 6.20 Å². The summed E-state index contributed by atoms with van der Waals surface area (Å²) in [7, 11) is 0. The number of piperidine rings is 1. The molecule has 2 N–H and O–H groups in total. The number of nitrogens with one attached hydrogen (secondary N) is 2. The van der Waals surface area contributed by atoms with E-state index in [9.17, 15) is 9.59 Å². The summed E-state index contributed by atoms with van der Waals surface area (Å²) in [5.41, 5.74) is 0.576. The molecule has 1 saturated heterocycles. The van der Waals surface area contributed by atoms with Gasteiger partial charge in [0.2, 0.25) is 5.91 Å². The van der Waals surface area contributed by atoms with Gasteiger partial charge in [0, 0.05) is 31.2 Å². The molecule has 1 fully saturated rings. The number of benzene rings is 1. The van der Waals surface area contributed by atoms with Gasteiger partial charge in [0.25, 0.3) is 5.56 Å². The van der Waals surface area contributed by atoms with Crippen LogP contribution in [0.25, 0.3) is 0 Å². The number of para-hydroxylation sites is 1. The number of anilines is 2. The molecule has 0 bridgehead atoms. The SMILES string of the molecule is O=C(Nc1ccccc1)[C@@H]1CCCN(c2ncc[nH]c2=O)C1. The van der Waals surface area contributed by atoms with Crippen LogP contribution in [-0.2, 0) is 4.79 Å². The Kier molecular flexibility index (Phi) is 4.18. The zero-order valence-electron chi connectivity index (χ0n) is 12.2. The third-order valence-corrected chi connectivity index (χ3v) is 3.82. The van der Waals surface area contributed by atoms with E-state index in [4.69, 9.17) is 0 Å². The highest BCUT2D eigenvalue weighted by molar-refractivity contribution is 5.93. The molecule has 0 radical (unpaired) electrons. The molecule has 0 unspecified atom stereocenters. The van der Waals surface area contributed by atoms with Crippen LogP contribution in [0.4, 0.5) is 11.5 Å². The molecular weight excluding hydrogens is 280 g/mol. The predicted molar refractivity (Wildman–Crippen MR) is 84.9 cm³/mol. The smallest absolute Gasteiger partial charge is 0.290 e. The largest absolute Gasteiger partial charge is 0.351 e. The molecule has 1 aliphatic heterocycles. The second-order valence-electron chi connectivity index (χ2n) is 5.38. The first-order valence-corrected chi connectivity index (χ1v) is 7.38. The van der Waals surface area contributed by atoms with E-state index >= 15 is 0 Å². The van der Waals surface area contributed by atoms with Crippen molar-refractivity contribution in [2.24, 2.45) is 5.92 Å². The fourth-order valence-electron chi connectivity index (χ4n) is 2.72. The van der Waals surface area contributed by atoms with Crippen LogP contribution in [0.1, 0.15) is 12.8 Å². The van der Waals surface area contributed by atoms with E-state index in [-0.39, 0.29) is 17.4 Å². The van der Waals surface area contributed by atoms with Crippen molar-refractivity contribution < 1.29 is 4.79 Å². The molecule has 1 amide bonds. The van der Waals surface area contributed by atoms with Crippen molar-refractivity contribution in [2.75, 3.05) is 23.3 Å². The van der Waals surface area contributed by atoms with E-state index in [0.717, 1.165) is 25.1 Å². The first kappa shape index (κ1) is 14.3. The minimum atomic E-state index is -0.216. The van der Waals surface area contributed by atoms with Crippen LogP contribution in [-0.4, -0.2) is 29.0 Å². The molecule has 2 heterocycles. The molecule has 0 saturated carbocycles. The zero-order valence-corrected chi connectivity index (χ0v) is 12.2. The fraction of sp³-hybridized carbons (Fsp3) is 0.312. The maximum absolute atomic E-state index is 12.4. The van der Waals surface area contributed by atoms with Gasteiger partial charge < -0.3 is 15.2 Å². The summed E-state index contributed by atoms with van der Waals surface area (Å²) in [4.78, 5) is 32.8. The molecule has 1 aromatic heterocycles. The normalized spacial score (nSPS) is 18.0. The summed E-state index contributed by atoms with van der Waals surface area (Å²) in [5, 5.41) is 2.93. The summed E-state index contributed by atoms with van der Waals surface area (Å²) >= 11 is 0. The number of amides is 1. The lowest BCUT2D eigenvalue weighted by Gasteiger charge is -2.32. The van der Waals surface area contributed by atoms with Gasteiger partial charge in [-0.25, -0.2) is 4.98 Å². The van der Waals surface area contributed by atoms with Crippen molar-refractivity contribution >= 4 is 17.4 Å². The van der Waals surface area contributed by atoms with Gasteiger partial charge in [-0.1, -0.05) is 18.2 Å². The van der Waals surface area contributed by atoms with Crippen LogP contribution in [0.15, 0.2) is 47.5 Å². The summed E-state index contributed by atoms with van der Waals surface area (Å²) in [6.07, 6.45) is 4.75. The molecule has 114 valence electrons. The van der Waals surface area contributed by atoms with Crippen LogP contribution >= 0.6 is 0 Å². The quantitative estimate of drug-likeness (QED) is 0.902. The number of rotatable bonds is 3. The molecule has 0 spiro atoms. The molecule has 6 nitrogen and oxygen atoms in total. The molecule has 1 aromatic carbocycles. The van der Waals surface area contributed by atoms with E-state index < -0.39 is 0 Å². The van der Waals surface area contributed by atoms with E-state index in [1.54, 1.807) is 6.20 Å². The Morgan fingerprint density at radius 1 is 1.32 bits per heavy atom. The van der Waals surface area contributed by atoms with Gasteiger partial charge in [-0.2, -0.15) is 0 Å². The topological polar surface area (TPSA) is 78.1 Å². The number of hydrogen-bond acceptors (Lipinski definition) is 4. The lowest BCUT2D eigenvalue weighted by atomic mass is 9.97. The first-order valence-electron chi connectivity index (χ1n) is 7.38. The van der Waals surface area contributed by atoms with Crippen LogP contribution in [0, 0.1) is 5.92 Å². The van der Waals surface area contributed by atoms with Crippen molar-refractivity contribution in [3.8, 4) is 0 Å². The standard InChI is InChI=1S/C16H18N4O2/c21-15(19-13-6-2-1-3-7-13)12-5-4-10-20(11-12)14-16(22)18-9-8-17-14/h1-3,6-9,12H,4-5,10-11H2,(H,18,22)(H,19,21)/t12-/m1/s1. The number of aromatic nitrogens is 2. The Morgan fingerprint density at radius 3 is 2.91 bits per heavy atom. The maximum atomic E-state index is 12.4. The van der Waals surface area contributed by atoms with Gasteiger partial charge in [-0.05, 0) is 25.0 Å². The lowest BCUT2D eigenvalue weighted by Crippen LogP contribution is -2.43. The van der Waals surface area contributed by atoms with E-state index in [0.29, 0.717) is 12.4 Å². The van der Waals surface area contributed by atoms with Gasteiger partial charge in [0.1, 0.15) is 0 Å². The number of aromatic amines is 1. The van der Waals surface area contributed by atoms with Crippen molar-refractivity contribution in [2.45, 2.75) is 12.8 Å². The highest BCUT2D eigenvalue weighted by Gasteiger charge is 2.27. The molecule has 2 aromatic rings. The summed E-state index contributed by atoms with van der Waals surface area (Å²) in [5.74, 6) is 0.235. The van der Waals surface area contributed by atoms with Crippen LogP contribution in [0.5, 0.6) is 0 Å². The molecule has 1 aliphatic rings. The number of hydrogen-bond donors (Lipinski definition) is 2. The van der Waals surface area contributed by atoms with Crippen molar-refractivity contribution in [1.29, 1.82) is 0 Å². The average Bonchev–Trinajstić information content (AvgIpc) is 2.56. The zero-order chi connectivity index (χ0) is 15.4.